The molecule has 1 aromatic carbocycles. The van der Waals surface area contributed by atoms with Crippen LogP contribution in [0.25, 0.3) is 11.4 Å². The second kappa shape index (κ2) is 7.85. The average Bonchev–Trinajstić information content (AvgIpc) is 3.19. The topological polar surface area (TPSA) is 88.8 Å². The van der Waals surface area contributed by atoms with Gasteiger partial charge in [-0.3, -0.25) is 9.69 Å². The number of methoxy groups -OCH3 is 1. The fourth-order valence-corrected chi connectivity index (χ4v) is 4.39. The number of carbonyl (C=O) groups is 2. The zero-order valence-corrected chi connectivity index (χ0v) is 17.0. The smallest absolute Gasteiger partial charge is 0.327 e. The minimum Gasteiger partial charge on any atom is -0.496 e. The number of rotatable bonds is 5. The molecule has 2 fully saturated rings. The van der Waals surface area contributed by atoms with Crippen molar-refractivity contribution in [2.45, 2.75) is 58.2 Å². The number of para-hydroxylation sites is 1. The molecule has 4 rings (SSSR count). The van der Waals surface area contributed by atoms with E-state index in [1.165, 1.54) is 4.90 Å². The molecule has 2 unspecified atom stereocenters. The number of hydrogen-bond donors (Lipinski definition) is 0. The molecule has 8 nitrogen and oxygen atoms in total. The maximum absolute atomic E-state index is 13.1. The Morgan fingerprint density at radius 2 is 1.97 bits per heavy atom. The van der Waals surface area contributed by atoms with Crippen molar-refractivity contribution in [3.05, 3.63) is 30.2 Å². The van der Waals surface area contributed by atoms with E-state index >= 15 is 0 Å². The van der Waals surface area contributed by atoms with E-state index in [-0.39, 0.29) is 36.5 Å². The Labute approximate surface area is 169 Å². The summed E-state index contributed by atoms with van der Waals surface area (Å²) in [5.41, 5.74) is 0.726. The highest BCUT2D eigenvalue weighted by molar-refractivity contribution is 5.99. The molecule has 1 aliphatic carbocycles. The van der Waals surface area contributed by atoms with E-state index in [2.05, 4.69) is 10.1 Å². The third kappa shape index (κ3) is 3.47. The van der Waals surface area contributed by atoms with E-state index in [0.717, 1.165) is 31.2 Å². The number of carbonyl (C=O) groups excluding carboxylic acids is 2. The molecule has 0 radical (unpaired) electrons. The first kappa shape index (κ1) is 19.4. The summed E-state index contributed by atoms with van der Waals surface area (Å²) in [5.74, 6) is 1.21. The molecule has 0 N–H and O–H groups in total. The molecule has 1 saturated heterocycles. The minimum absolute atomic E-state index is 0.0498. The monoisotopic (exact) mass is 398 g/mol. The van der Waals surface area contributed by atoms with Gasteiger partial charge in [-0.15, -0.1) is 0 Å². The lowest BCUT2D eigenvalue weighted by Crippen LogP contribution is -2.63. The highest BCUT2D eigenvalue weighted by Gasteiger charge is 2.48. The SMILES string of the molecule is COc1ccccc1-c1noc(CN2C(=O)N(C(C)C)C(=O)C3CCCCC32)n1. The van der Waals surface area contributed by atoms with Gasteiger partial charge in [0.05, 0.1) is 18.6 Å². The van der Waals surface area contributed by atoms with Crippen molar-refractivity contribution in [1.82, 2.24) is 19.9 Å². The van der Waals surface area contributed by atoms with Crippen molar-refractivity contribution in [2.75, 3.05) is 7.11 Å². The number of nitrogens with zero attached hydrogens (tertiary/aromatic N) is 4. The van der Waals surface area contributed by atoms with Crippen LogP contribution in [0.3, 0.4) is 0 Å². The number of hydrogen-bond acceptors (Lipinski definition) is 6. The van der Waals surface area contributed by atoms with Gasteiger partial charge in [-0.2, -0.15) is 4.98 Å². The van der Waals surface area contributed by atoms with Gasteiger partial charge >= 0.3 is 6.03 Å². The highest BCUT2D eigenvalue weighted by atomic mass is 16.5. The normalized spacial score (nSPS) is 22.2. The molecule has 2 aromatic rings. The number of fused-ring (bicyclic) bond motifs is 1. The van der Waals surface area contributed by atoms with Crippen LogP contribution in [0.1, 0.15) is 45.4 Å². The Morgan fingerprint density at radius 3 is 2.72 bits per heavy atom. The molecular formula is C21H26N4O4. The van der Waals surface area contributed by atoms with Gasteiger partial charge in [0.2, 0.25) is 17.6 Å². The second-order valence-electron chi connectivity index (χ2n) is 7.88. The quantitative estimate of drug-likeness (QED) is 0.766. The zero-order chi connectivity index (χ0) is 20.5. The van der Waals surface area contributed by atoms with Crippen molar-refractivity contribution in [3.63, 3.8) is 0 Å². The maximum Gasteiger partial charge on any atom is 0.327 e. The molecular weight excluding hydrogens is 372 g/mol. The lowest BCUT2D eigenvalue weighted by atomic mass is 9.81. The first-order valence-corrected chi connectivity index (χ1v) is 10.1. The van der Waals surface area contributed by atoms with Gasteiger partial charge in [-0.25, -0.2) is 4.79 Å². The van der Waals surface area contributed by atoms with Gasteiger partial charge in [0.15, 0.2) is 0 Å². The van der Waals surface area contributed by atoms with Crippen LogP contribution in [0.15, 0.2) is 28.8 Å². The molecule has 154 valence electrons. The summed E-state index contributed by atoms with van der Waals surface area (Å²) in [4.78, 5) is 33.6. The fourth-order valence-electron chi connectivity index (χ4n) is 4.39. The van der Waals surface area contributed by atoms with Gasteiger partial charge in [0, 0.05) is 12.1 Å². The van der Waals surface area contributed by atoms with Crippen LogP contribution < -0.4 is 4.74 Å². The third-order valence-electron chi connectivity index (χ3n) is 5.77. The Balaban J connectivity index is 1.61. The van der Waals surface area contributed by atoms with E-state index in [4.69, 9.17) is 9.26 Å². The first-order chi connectivity index (χ1) is 14.0. The summed E-state index contributed by atoms with van der Waals surface area (Å²) < 4.78 is 10.8. The number of benzene rings is 1. The minimum atomic E-state index is -0.273. The molecule has 2 atom stereocenters. The molecule has 0 bridgehead atoms. The summed E-state index contributed by atoms with van der Waals surface area (Å²) in [7, 11) is 1.59. The molecule has 1 saturated carbocycles. The molecule has 2 aliphatic rings. The second-order valence-corrected chi connectivity index (χ2v) is 7.88. The average molecular weight is 398 g/mol. The summed E-state index contributed by atoms with van der Waals surface area (Å²) in [6, 6.07) is 6.86. The van der Waals surface area contributed by atoms with Crippen LogP contribution in [-0.4, -0.2) is 51.1 Å². The molecule has 1 aliphatic heterocycles. The largest absolute Gasteiger partial charge is 0.496 e. The Morgan fingerprint density at radius 1 is 1.21 bits per heavy atom. The summed E-state index contributed by atoms with van der Waals surface area (Å²) in [6.07, 6.45) is 3.66. The molecule has 1 aromatic heterocycles. The molecule has 3 amide bonds. The predicted molar refractivity (Wildman–Crippen MR) is 105 cm³/mol. The number of amides is 3. The van der Waals surface area contributed by atoms with Gasteiger partial charge < -0.3 is 14.2 Å². The van der Waals surface area contributed by atoms with E-state index in [1.54, 1.807) is 12.0 Å². The lowest BCUT2D eigenvalue weighted by molar-refractivity contribution is -0.142. The van der Waals surface area contributed by atoms with Crippen molar-refractivity contribution >= 4 is 11.9 Å². The van der Waals surface area contributed by atoms with Crippen molar-refractivity contribution in [3.8, 4) is 17.1 Å². The van der Waals surface area contributed by atoms with E-state index < -0.39 is 0 Å². The number of ether oxygens (including phenoxy) is 1. The number of imide groups is 1. The van der Waals surface area contributed by atoms with Crippen LogP contribution >= 0.6 is 0 Å². The summed E-state index contributed by atoms with van der Waals surface area (Å²) in [5, 5.41) is 4.07. The van der Waals surface area contributed by atoms with Crippen LogP contribution in [0.5, 0.6) is 5.75 Å². The summed E-state index contributed by atoms with van der Waals surface area (Å²) >= 11 is 0. The lowest BCUT2D eigenvalue weighted by Gasteiger charge is -2.47. The van der Waals surface area contributed by atoms with Gasteiger partial charge in [0.25, 0.3) is 0 Å². The Kier molecular flexibility index (Phi) is 5.25. The summed E-state index contributed by atoms with van der Waals surface area (Å²) in [6.45, 7) is 3.92. The molecule has 8 heteroatoms. The van der Waals surface area contributed by atoms with Crippen molar-refractivity contribution in [1.29, 1.82) is 0 Å². The maximum atomic E-state index is 13.1. The van der Waals surface area contributed by atoms with Crippen molar-refractivity contribution in [2.24, 2.45) is 5.92 Å². The number of urea groups is 1. The molecule has 0 spiro atoms. The highest BCUT2D eigenvalue weighted by Crippen LogP contribution is 2.36. The third-order valence-corrected chi connectivity index (χ3v) is 5.77. The Bertz CT molecular complexity index is 910. The first-order valence-electron chi connectivity index (χ1n) is 10.1. The molecule has 2 heterocycles. The van der Waals surface area contributed by atoms with Gasteiger partial charge in [-0.1, -0.05) is 30.1 Å². The van der Waals surface area contributed by atoms with Gasteiger partial charge in [0.1, 0.15) is 12.3 Å². The van der Waals surface area contributed by atoms with E-state index in [0.29, 0.717) is 17.5 Å². The number of aromatic nitrogens is 2. The standard InChI is InChI=1S/C21H26N4O4/c1-13(2)25-20(26)14-8-4-6-10-16(14)24(21(25)27)12-18-22-19(23-29-18)15-9-5-7-11-17(15)28-3/h5,7,9,11,13-14,16H,4,6,8,10,12H2,1-3H3. The van der Waals surface area contributed by atoms with Crippen molar-refractivity contribution < 1.29 is 18.8 Å². The zero-order valence-electron chi connectivity index (χ0n) is 17.0. The predicted octanol–water partition coefficient (Wildman–Crippen LogP) is 3.48. The Hall–Kier alpha value is -2.90. The van der Waals surface area contributed by atoms with Crippen LogP contribution in [0, 0.1) is 5.92 Å². The van der Waals surface area contributed by atoms with Crippen LogP contribution in [-0.2, 0) is 11.3 Å². The fraction of sp³-hybridized carbons (Fsp3) is 0.524. The van der Waals surface area contributed by atoms with E-state index in [1.807, 2.05) is 38.1 Å². The van der Waals surface area contributed by atoms with E-state index in [9.17, 15) is 9.59 Å². The molecule has 29 heavy (non-hydrogen) atoms. The van der Waals surface area contributed by atoms with Gasteiger partial charge in [-0.05, 0) is 38.8 Å². The van der Waals surface area contributed by atoms with Crippen LogP contribution in [0.4, 0.5) is 4.79 Å². The van der Waals surface area contributed by atoms with Crippen LogP contribution in [0.2, 0.25) is 0 Å².